The van der Waals surface area contributed by atoms with Gasteiger partial charge in [-0.15, -0.1) is 0 Å². The fourth-order valence-corrected chi connectivity index (χ4v) is 2.61. The van der Waals surface area contributed by atoms with Crippen LogP contribution >= 0.6 is 0 Å². The molecule has 1 rings (SSSR count). The molecule has 7 N–H and O–H groups in total. The van der Waals surface area contributed by atoms with E-state index in [2.05, 4.69) is 10.6 Å². The molecule has 0 saturated heterocycles. The minimum atomic E-state index is -1.23. The molecular weight excluding hydrogens is 364 g/mol. The molecular formula is C19H28N4O5. The summed E-state index contributed by atoms with van der Waals surface area (Å²) in [5.41, 5.74) is 11.7. The number of rotatable bonds is 11. The number of hydrogen-bond donors (Lipinski definition) is 5. The lowest BCUT2D eigenvalue weighted by Crippen LogP contribution is -2.55. The zero-order valence-corrected chi connectivity index (χ0v) is 16.1. The average molecular weight is 392 g/mol. The molecule has 0 aliphatic heterocycles. The number of benzene rings is 1. The predicted molar refractivity (Wildman–Crippen MR) is 103 cm³/mol. The highest BCUT2D eigenvalue weighted by Gasteiger charge is 2.27. The topological polar surface area (TPSA) is 165 Å². The second-order valence-electron chi connectivity index (χ2n) is 7.09. The molecule has 0 saturated carbocycles. The first-order valence-corrected chi connectivity index (χ1v) is 9.00. The van der Waals surface area contributed by atoms with Crippen molar-refractivity contribution < 1.29 is 24.3 Å². The van der Waals surface area contributed by atoms with Crippen molar-refractivity contribution in [3.8, 4) is 5.75 Å². The van der Waals surface area contributed by atoms with Crippen LogP contribution in [0.4, 0.5) is 0 Å². The van der Waals surface area contributed by atoms with Crippen molar-refractivity contribution in [3.63, 3.8) is 0 Å². The molecule has 0 unspecified atom stereocenters. The van der Waals surface area contributed by atoms with Gasteiger partial charge in [-0.25, -0.2) is 0 Å². The zero-order valence-electron chi connectivity index (χ0n) is 16.1. The standard InChI is InChI=1S/C19H28N4O5/c1-11(2)7-15(20)18(27)23-16(9-17(21)26)19(28)22-13(10-24)8-12-3-5-14(25)6-4-12/h3-6,10-11,13,15-16,25H,7-9,20H2,1-2H3,(H2,21,26)(H,22,28)(H,23,27)/t13-,15-,16-/m0/s1. The van der Waals surface area contributed by atoms with E-state index in [4.69, 9.17) is 11.5 Å². The lowest BCUT2D eigenvalue weighted by Gasteiger charge is -2.22. The number of phenolic OH excluding ortho intramolecular Hbond substituents is 1. The van der Waals surface area contributed by atoms with Gasteiger partial charge in [-0.2, -0.15) is 0 Å². The molecule has 0 spiro atoms. The van der Waals surface area contributed by atoms with Gasteiger partial charge in [-0.3, -0.25) is 14.4 Å². The highest BCUT2D eigenvalue weighted by molar-refractivity contribution is 5.93. The second kappa shape index (κ2) is 11.0. The first-order valence-electron chi connectivity index (χ1n) is 9.00. The Balaban J connectivity index is 2.78. The predicted octanol–water partition coefficient (Wildman–Crippen LogP) is -0.648. The fraction of sp³-hybridized carbons (Fsp3) is 0.474. The van der Waals surface area contributed by atoms with Crippen molar-refractivity contribution in [2.45, 2.75) is 51.2 Å². The van der Waals surface area contributed by atoms with Gasteiger partial charge in [0.05, 0.1) is 18.5 Å². The molecule has 0 heterocycles. The SMILES string of the molecule is CC(C)C[C@H](N)C(=O)N[C@@H](CC(N)=O)C(=O)N[C@H](C=O)Cc1ccc(O)cc1. The molecule has 9 nitrogen and oxygen atoms in total. The van der Waals surface area contributed by atoms with Crippen molar-refractivity contribution in [2.75, 3.05) is 0 Å². The first kappa shape index (κ1) is 23.1. The summed E-state index contributed by atoms with van der Waals surface area (Å²) in [5, 5.41) is 14.2. The van der Waals surface area contributed by atoms with Crippen LogP contribution in [-0.2, 0) is 25.6 Å². The van der Waals surface area contributed by atoms with Gasteiger partial charge >= 0.3 is 0 Å². The van der Waals surface area contributed by atoms with Crippen LogP contribution in [0.25, 0.3) is 0 Å². The van der Waals surface area contributed by atoms with Gasteiger partial charge in [0.25, 0.3) is 0 Å². The monoisotopic (exact) mass is 392 g/mol. The number of carbonyl (C=O) groups is 4. The summed E-state index contributed by atoms with van der Waals surface area (Å²) in [7, 11) is 0. The van der Waals surface area contributed by atoms with Gasteiger partial charge in [0.15, 0.2) is 0 Å². The Hall–Kier alpha value is -2.94. The van der Waals surface area contributed by atoms with Gasteiger partial charge in [0.2, 0.25) is 17.7 Å². The first-order chi connectivity index (χ1) is 13.1. The van der Waals surface area contributed by atoms with Crippen molar-refractivity contribution >= 4 is 24.0 Å². The quantitative estimate of drug-likeness (QED) is 0.314. The van der Waals surface area contributed by atoms with E-state index in [1.807, 2.05) is 13.8 Å². The maximum atomic E-state index is 12.5. The van der Waals surface area contributed by atoms with E-state index in [0.717, 1.165) is 0 Å². The van der Waals surface area contributed by atoms with Crippen LogP contribution in [0.15, 0.2) is 24.3 Å². The minimum absolute atomic E-state index is 0.0809. The third-order valence-corrected chi connectivity index (χ3v) is 3.98. The summed E-state index contributed by atoms with van der Waals surface area (Å²) >= 11 is 0. The number of aromatic hydroxyl groups is 1. The largest absolute Gasteiger partial charge is 0.508 e. The number of nitrogens with one attached hydrogen (secondary N) is 2. The Morgan fingerprint density at radius 3 is 2.21 bits per heavy atom. The van der Waals surface area contributed by atoms with Crippen LogP contribution in [0, 0.1) is 5.92 Å². The number of amides is 3. The molecule has 0 bridgehead atoms. The molecule has 1 aromatic carbocycles. The van der Waals surface area contributed by atoms with Crippen LogP contribution in [0.5, 0.6) is 5.75 Å². The maximum absolute atomic E-state index is 12.5. The molecule has 28 heavy (non-hydrogen) atoms. The van der Waals surface area contributed by atoms with Crippen LogP contribution in [0.3, 0.4) is 0 Å². The van der Waals surface area contributed by atoms with E-state index in [9.17, 15) is 24.3 Å². The van der Waals surface area contributed by atoms with E-state index in [0.29, 0.717) is 18.3 Å². The Bertz CT molecular complexity index is 690. The number of primary amides is 1. The summed E-state index contributed by atoms with van der Waals surface area (Å²) in [4.78, 5) is 47.3. The molecule has 9 heteroatoms. The lowest BCUT2D eigenvalue weighted by atomic mass is 10.0. The minimum Gasteiger partial charge on any atom is -0.508 e. The molecule has 3 amide bonds. The molecule has 0 fully saturated rings. The van der Waals surface area contributed by atoms with Crippen molar-refractivity contribution in [3.05, 3.63) is 29.8 Å². The Morgan fingerprint density at radius 1 is 1.11 bits per heavy atom. The van der Waals surface area contributed by atoms with Crippen LogP contribution in [0.1, 0.15) is 32.3 Å². The number of aldehydes is 1. The van der Waals surface area contributed by atoms with Crippen LogP contribution in [-0.4, -0.2) is 47.2 Å². The molecule has 0 aliphatic rings. The van der Waals surface area contributed by atoms with E-state index in [-0.39, 0.29) is 18.1 Å². The number of carbonyl (C=O) groups excluding carboxylic acids is 4. The third kappa shape index (κ3) is 8.17. The Labute approximate surface area is 163 Å². The van der Waals surface area contributed by atoms with E-state index >= 15 is 0 Å². The van der Waals surface area contributed by atoms with Gasteiger partial charge < -0.3 is 32.0 Å². The summed E-state index contributed by atoms with van der Waals surface area (Å²) in [6.07, 6.45) is 0.726. The van der Waals surface area contributed by atoms with Crippen molar-refractivity contribution in [1.82, 2.24) is 10.6 Å². The summed E-state index contributed by atoms with van der Waals surface area (Å²) in [5.74, 6) is -1.80. The van der Waals surface area contributed by atoms with E-state index < -0.39 is 42.3 Å². The van der Waals surface area contributed by atoms with E-state index in [1.54, 1.807) is 12.1 Å². The fourth-order valence-electron chi connectivity index (χ4n) is 2.61. The van der Waals surface area contributed by atoms with Gasteiger partial charge in [-0.1, -0.05) is 26.0 Å². The number of hydrogen-bond acceptors (Lipinski definition) is 6. The van der Waals surface area contributed by atoms with Crippen molar-refractivity contribution in [1.29, 1.82) is 0 Å². The average Bonchev–Trinajstić information content (AvgIpc) is 2.61. The molecule has 154 valence electrons. The van der Waals surface area contributed by atoms with Crippen LogP contribution < -0.4 is 22.1 Å². The van der Waals surface area contributed by atoms with Gasteiger partial charge in [-0.05, 0) is 36.5 Å². The Morgan fingerprint density at radius 2 is 1.71 bits per heavy atom. The third-order valence-electron chi connectivity index (χ3n) is 3.98. The van der Waals surface area contributed by atoms with Gasteiger partial charge in [0, 0.05) is 0 Å². The molecule has 1 aromatic rings. The normalized spacial score (nSPS) is 14.0. The molecule has 0 aromatic heterocycles. The highest BCUT2D eigenvalue weighted by atomic mass is 16.3. The summed E-state index contributed by atoms with van der Waals surface area (Å²) in [6.45, 7) is 3.80. The summed E-state index contributed by atoms with van der Waals surface area (Å²) < 4.78 is 0. The van der Waals surface area contributed by atoms with E-state index in [1.165, 1.54) is 12.1 Å². The number of phenols is 1. The van der Waals surface area contributed by atoms with Gasteiger partial charge in [0.1, 0.15) is 18.1 Å². The second-order valence-corrected chi connectivity index (χ2v) is 7.09. The number of nitrogens with two attached hydrogens (primary N) is 2. The van der Waals surface area contributed by atoms with Crippen molar-refractivity contribution in [2.24, 2.45) is 17.4 Å². The molecule has 0 radical (unpaired) electrons. The highest BCUT2D eigenvalue weighted by Crippen LogP contribution is 2.11. The van der Waals surface area contributed by atoms with Crippen LogP contribution in [0.2, 0.25) is 0 Å². The molecule has 3 atom stereocenters. The maximum Gasteiger partial charge on any atom is 0.243 e. The lowest BCUT2D eigenvalue weighted by molar-refractivity contribution is -0.132. The smallest absolute Gasteiger partial charge is 0.243 e. The Kier molecular flexibility index (Phi) is 9.10. The summed E-state index contributed by atoms with van der Waals surface area (Å²) in [6, 6.07) is 3.22. The zero-order chi connectivity index (χ0) is 21.3. The molecule has 0 aliphatic carbocycles.